The first kappa shape index (κ1) is 17.6. The highest BCUT2D eigenvalue weighted by Gasteiger charge is 2.32. The standard InChI is InChI=1S/C17H19F3N4O/c1-10(2)15-22-13-9-24(6-5-12(13)16(25)23-15)8-11-3-4-14(21-7-11)17(18,19)20/h3-4,7,10H,5-6,8-9H2,1-2H3,(H,22,23,25). The van der Waals surface area contributed by atoms with Gasteiger partial charge in [-0.25, -0.2) is 4.98 Å². The zero-order chi connectivity index (χ0) is 18.2. The van der Waals surface area contributed by atoms with Gasteiger partial charge in [0, 0.05) is 37.3 Å². The van der Waals surface area contributed by atoms with E-state index in [4.69, 9.17) is 0 Å². The summed E-state index contributed by atoms with van der Waals surface area (Å²) in [4.78, 5) is 25.1. The quantitative estimate of drug-likeness (QED) is 0.923. The van der Waals surface area contributed by atoms with E-state index in [-0.39, 0.29) is 11.5 Å². The van der Waals surface area contributed by atoms with E-state index in [1.807, 2.05) is 13.8 Å². The first-order chi connectivity index (χ1) is 11.7. The Morgan fingerprint density at radius 1 is 1.32 bits per heavy atom. The molecule has 0 saturated carbocycles. The van der Waals surface area contributed by atoms with Gasteiger partial charge in [0.2, 0.25) is 0 Å². The van der Waals surface area contributed by atoms with Crippen molar-refractivity contribution in [1.29, 1.82) is 0 Å². The third-order valence-electron chi connectivity index (χ3n) is 4.24. The van der Waals surface area contributed by atoms with Crippen LogP contribution in [0.25, 0.3) is 0 Å². The molecule has 0 saturated heterocycles. The lowest BCUT2D eigenvalue weighted by atomic mass is 10.0. The number of hydrogen-bond acceptors (Lipinski definition) is 4. The number of aromatic amines is 1. The predicted octanol–water partition coefficient (Wildman–Crippen LogP) is 2.87. The van der Waals surface area contributed by atoms with E-state index < -0.39 is 11.9 Å². The maximum atomic E-state index is 12.6. The second-order valence-electron chi connectivity index (χ2n) is 6.54. The number of halogens is 3. The van der Waals surface area contributed by atoms with E-state index >= 15 is 0 Å². The maximum Gasteiger partial charge on any atom is 0.433 e. The van der Waals surface area contributed by atoms with Crippen LogP contribution in [0.4, 0.5) is 13.2 Å². The number of nitrogens with one attached hydrogen (secondary N) is 1. The minimum Gasteiger partial charge on any atom is -0.310 e. The fourth-order valence-electron chi connectivity index (χ4n) is 2.87. The maximum absolute atomic E-state index is 12.6. The lowest BCUT2D eigenvalue weighted by molar-refractivity contribution is -0.141. The SMILES string of the molecule is CC(C)c1nc2c(c(=O)[nH]1)CCN(Cc1ccc(C(F)(F)F)nc1)C2. The topological polar surface area (TPSA) is 61.9 Å². The third kappa shape index (κ3) is 3.89. The van der Waals surface area contributed by atoms with Gasteiger partial charge in [-0.15, -0.1) is 0 Å². The lowest BCUT2D eigenvalue weighted by Crippen LogP contribution is -2.35. The van der Waals surface area contributed by atoms with Gasteiger partial charge in [-0.2, -0.15) is 13.2 Å². The monoisotopic (exact) mass is 352 g/mol. The molecular weight excluding hydrogens is 333 g/mol. The van der Waals surface area contributed by atoms with Gasteiger partial charge < -0.3 is 4.98 Å². The molecule has 0 amide bonds. The number of rotatable bonds is 3. The molecule has 5 nitrogen and oxygen atoms in total. The highest BCUT2D eigenvalue weighted by atomic mass is 19.4. The number of hydrogen-bond donors (Lipinski definition) is 1. The van der Waals surface area contributed by atoms with Crippen LogP contribution in [0.3, 0.4) is 0 Å². The average Bonchev–Trinajstić information content (AvgIpc) is 2.54. The molecule has 0 bridgehead atoms. The van der Waals surface area contributed by atoms with Crippen molar-refractivity contribution >= 4 is 0 Å². The van der Waals surface area contributed by atoms with Crippen LogP contribution in [-0.4, -0.2) is 26.4 Å². The molecule has 0 spiro atoms. The fraction of sp³-hybridized carbons (Fsp3) is 0.471. The van der Waals surface area contributed by atoms with Gasteiger partial charge in [0.05, 0.1) is 5.69 Å². The molecule has 1 N–H and O–H groups in total. The summed E-state index contributed by atoms with van der Waals surface area (Å²) in [7, 11) is 0. The molecule has 3 rings (SSSR count). The second-order valence-corrected chi connectivity index (χ2v) is 6.54. The number of fused-ring (bicyclic) bond motifs is 1. The van der Waals surface area contributed by atoms with Gasteiger partial charge >= 0.3 is 6.18 Å². The summed E-state index contributed by atoms with van der Waals surface area (Å²) >= 11 is 0. The van der Waals surface area contributed by atoms with E-state index in [9.17, 15) is 18.0 Å². The smallest absolute Gasteiger partial charge is 0.310 e. The summed E-state index contributed by atoms with van der Waals surface area (Å²) in [6.45, 7) is 5.54. The van der Waals surface area contributed by atoms with Gasteiger partial charge in [0.1, 0.15) is 11.5 Å². The zero-order valence-corrected chi connectivity index (χ0v) is 14.0. The zero-order valence-electron chi connectivity index (χ0n) is 14.0. The van der Waals surface area contributed by atoms with Gasteiger partial charge in [-0.1, -0.05) is 19.9 Å². The summed E-state index contributed by atoms with van der Waals surface area (Å²) in [5, 5.41) is 0. The van der Waals surface area contributed by atoms with Crippen LogP contribution >= 0.6 is 0 Å². The van der Waals surface area contributed by atoms with Crippen LogP contribution < -0.4 is 5.56 Å². The Kier molecular flexibility index (Phi) is 4.64. The van der Waals surface area contributed by atoms with Crippen molar-refractivity contribution in [2.24, 2.45) is 0 Å². The predicted molar refractivity (Wildman–Crippen MR) is 86.0 cm³/mol. The van der Waals surface area contributed by atoms with Crippen molar-refractivity contribution in [3.8, 4) is 0 Å². The van der Waals surface area contributed by atoms with Gasteiger partial charge in [-0.05, 0) is 18.1 Å². The number of pyridine rings is 1. The van der Waals surface area contributed by atoms with Crippen molar-refractivity contribution in [1.82, 2.24) is 19.9 Å². The molecule has 25 heavy (non-hydrogen) atoms. The fourth-order valence-corrected chi connectivity index (χ4v) is 2.87. The van der Waals surface area contributed by atoms with Crippen molar-refractivity contribution in [3.05, 3.63) is 57.0 Å². The van der Waals surface area contributed by atoms with Crippen LogP contribution in [0, 0.1) is 0 Å². The Morgan fingerprint density at radius 3 is 2.68 bits per heavy atom. The highest BCUT2D eigenvalue weighted by Crippen LogP contribution is 2.27. The van der Waals surface area contributed by atoms with E-state index in [0.29, 0.717) is 43.0 Å². The Hall–Kier alpha value is -2.22. The Morgan fingerprint density at radius 2 is 2.08 bits per heavy atom. The van der Waals surface area contributed by atoms with Crippen LogP contribution in [0.2, 0.25) is 0 Å². The Balaban J connectivity index is 1.76. The molecule has 8 heteroatoms. The molecule has 3 heterocycles. The number of nitrogens with zero attached hydrogens (tertiary/aromatic N) is 3. The molecule has 0 fully saturated rings. The second kappa shape index (κ2) is 6.59. The van der Waals surface area contributed by atoms with Crippen molar-refractivity contribution < 1.29 is 13.2 Å². The van der Waals surface area contributed by atoms with Gasteiger partial charge in [0.25, 0.3) is 5.56 Å². The van der Waals surface area contributed by atoms with Crippen LogP contribution in [0.15, 0.2) is 23.1 Å². The van der Waals surface area contributed by atoms with Crippen molar-refractivity contribution in [2.45, 2.75) is 45.5 Å². The Labute approximate surface area is 142 Å². The van der Waals surface area contributed by atoms with Crippen LogP contribution in [-0.2, 0) is 25.7 Å². The van der Waals surface area contributed by atoms with Crippen LogP contribution in [0.5, 0.6) is 0 Å². The lowest BCUT2D eigenvalue weighted by Gasteiger charge is -2.28. The van der Waals surface area contributed by atoms with E-state index in [1.165, 1.54) is 12.3 Å². The molecule has 0 atom stereocenters. The van der Waals surface area contributed by atoms with Gasteiger partial charge in [-0.3, -0.25) is 14.7 Å². The van der Waals surface area contributed by atoms with E-state index in [0.717, 1.165) is 11.8 Å². The molecule has 134 valence electrons. The number of H-pyrrole nitrogens is 1. The third-order valence-corrected chi connectivity index (χ3v) is 4.24. The molecule has 2 aromatic heterocycles. The summed E-state index contributed by atoms with van der Waals surface area (Å²) < 4.78 is 37.7. The molecule has 0 unspecified atom stereocenters. The van der Waals surface area contributed by atoms with Gasteiger partial charge in [0.15, 0.2) is 0 Å². The number of aromatic nitrogens is 3. The molecular formula is C17H19F3N4O. The molecule has 0 radical (unpaired) electrons. The molecule has 0 aliphatic carbocycles. The van der Waals surface area contributed by atoms with Crippen molar-refractivity contribution in [3.63, 3.8) is 0 Å². The first-order valence-corrected chi connectivity index (χ1v) is 8.10. The highest BCUT2D eigenvalue weighted by molar-refractivity contribution is 5.22. The largest absolute Gasteiger partial charge is 0.433 e. The minimum absolute atomic E-state index is 0.0930. The summed E-state index contributed by atoms with van der Waals surface area (Å²) in [5.74, 6) is 0.772. The molecule has 0 aromatic carbocycles. The summed E-state index contributed by atoms with van der Waals surface area (Å²) in [5.41, 5.74) is 1.16. The molecule has 2 aromatic rings. The normalized spacial score (nSPS) is 15.4. The molecule has 1 aliphatic rings. The first-order valence-electron chi connectivity index (χ1n) is 8.10. The van der Waals surface area contributed by atoms with E-state index in [1.54, 1.807) is 0 Å². The van der Waals surface area contributed by atoms with E-state index in [2.05, 4.69) is 19.9 Å². The van der Waals surface area contributed by atoms with Crippen molar-refractivity contribution in [2.75, 3.05) is 6.54 Å². The average molecular weight is 352 g/mol. The number of alkyl halides is 3. The van der Waals surface area contributed by atoms with Crippen LogP contribution in [0.1, 0.15) is 48.1 Å². The Bertz CT molecular complexity index is 812. The molecule has 1 aliphatic heterocycles. The summed E-state index contributed by atoms with van der Waals surface area (Å²) in [6, 6.07) is 2.43. The summed E-state index contributed by atoms with van der Waals surface area (Å²) in [6.07, 6.45) is -2.60. The minimum atomic E-state index is -4.43.